The molecular weight excluding hydrogens is 320 g/mol. The van der Waals surface area contributed by atoms with Crippen LogP contribution in [0.1, 0.15) is 6.42 Å². The van der Waals surface area contributed by atoms with Crippen LogP contribution in [0.3, 0.4) is 0 Å². The van der Waals surface area contributed by atoms with Crippen LogP contribution >= 0.6 is 11.8 Å². The van der Waals surface area contributed by atoms with Crippen LogP contribution in [0.25, 0.3) is 0 Å². The second-order valence-corrected chi connectivity index (χ2v) is 8.24. The number of thioether (sulfide) groups is 1. The van der Waals surface area contributed by atoms with Gasteiger partial charge in [0.15, 0.2) is 0 Å². The van der Waals surface area contributed by atoms with Crippen LogP contribution in [0.2, 0.25) is 0 Å². The molecule has 8 heteroatoms. The third-order valence-electron chi connectivity index (χ3n) is 3.76. The summed E-state index contributed by atoms with van der Waals surface area (Å²) in [6, 6.07) is 2.38. The van der Waals surface area contributed by atoms with Gasteiger partial charge in [0.25, 0.3) is 0 Å². The van der Waals surface area contributed by atoms with E-state index in [1.807, 2.05) is 0 Å². The monoisotopic (exact) mass is 335 g/mol. The number of halogens is 2. The van der Waals surface area contributed by atoms with E-state index < -0.39 is 26.6 Å². The zero-order chi connectivity index (χ0) is 15.0. The van der Waals surface area contributed by atoms with Gasteiger partial charge in [-0.25, -0.2) is 17.2 Å². The smallest absolute Gasteiger partial charge is 0.246 e. The van der Waals surface area contributed by atoms with Crippen LogP contribution in [0, 0.1) is 11.6 Å². The molecule has 2 fully saturated rings. The fraction of sp³-hybridized carbons (Fsp3) is 0.538. The van der Waals surface area contributed by atoms with Gasteiger partial charge >= 0.3 is 0 Å². The minimum Gasteiger partial charge on any atom is -0.380 e. The molecule has 0 N–H and O–H groups in total. The van der Waals surface area contributed by atoms with Crippen LogP contribution in [0.4, 0.5) is 8.78 Å². The first-order valence-electron chi connectivity index (χ1n) is 6.66. The molecule has 0 bridgehead atoms. The summed E-state index contributed by atoms with van der Waals surface area (Å²) < 4.78 is 58.9. The number of hydrogen-bond donors (Lipinski definition) is 0. The first-order chi connectivity index (χ1) is 10.00. The van der Waals surface area contributed by atoms with E-state index in [1.165, 1.54) is 4.31 Å². The van der Waals surface area contributed by atoms with Crippen LogP contribution in [0.5, 0.6) is 0 Å². The third kappa shape index (κ3) is 2.81. The highest BCUT2D eigenvalue weighted by atomic mass is 32.2. The first kappa shape index (κ1) is 15.2. The highest BCUT2D eigenvalue weighted by Gasteiger charge is 2.41. The molecule has 4 nitrogen and oxygen atoms in total. The summed E-state index contributed by atoms with van der Waals surface area (Å²) in [7, 11) is -3.96. The van der Waals surface area contributed by atoms with Crippen molar-refractivity contribution in [2.75, 3.05) is 25.5 Å². The van der Waals surface area contributed by atoms with Crippen molar-refractivity contribution >= 4 is 21.8 Å². The lowest BCUT2D eigenvalue weighted by Gasteiger charge is -2.42. The fourth-order valence-electron chi connectivity index (χ4n) is 2.76. The number of sulfonamides is 1. The van der Waals surface area contributed by atoms with Crippen molar-refractivity contribution in [1.82, 2.24) is 4.31 Å². The quantitative estimate of drug-likeness (QED) is 0.828. The van der Waals surface area contributed by atoms with Crippen LogP contribution in [0.15, 0.2) is 23.1 Å². The van der Waals surface area contributed by atoms with Gasteiger partial charge in [-0.1, -0.05) is 0 Å². The number of nitrogens with zero attached hydrogens (tertiary/aromatic N) is 1. The van der Waals surface area contributed by atoms with Crippen molar-refractivity contribution in [3.63, 3.8) is 0 Å². The Morgan fingerprint density at radius 1 is 1.33 bits per heavy atom. The molecule has 116 valence electrons. The molecular formula is C13H15F2NO3S2. The van der Waals surface area contributed by atoms with Crippen molar-refractivity contribution in [1.29, 1.82) is 0 Å². The second kappa shape index (κ2) is 5.83. The van der Waals surface area contributed by atoms with Crippen molar-refractivity contribution < 1.29 is 21.9 Å². The topological polar surface area (TPSA) is 46.6 Å². The largest absolute Gasteiger partial charge is 0.380 e. The molecule has 2 heterocycles. The van der Waals surface area contributed by atoms with Crippen molar-refractivity contribution in [3.8, 4) is 0 Å². The highest BCUT2D eigenvalue weighted by Crippen LogP contribution is 2.34. The lowest BCUT2D eigenvalue weighted by atomic mass is 10.1. The Kier molecular flexibility index (Phi) is 4.22. The Labute approximate surface area is 126 Å². The van der Waals surface area contributed by atoms with E-state index in [0.29, 0.717) is 38.0 Å². The van der Waals surface area contributed by atoms with Crippen LogP contribution in [-0.4, -0.2) is 49.5 Å². The molecule has 2 atom stereocenters. The van der Waals surface area contributed by atoms with Gasteiger partial charge in [-0.15, -0.1) is 0 Å². The molecule has 1 aromatic carbocycles. The molecule has 2 aliphatic heterocycles. The van der Waals surface area contributed by atoms with Gasteiger partial charge in [0, 0.05) is 36.3 Å². The number of ether oxygens (including phenoxy) is 1. The normalized spacial score (nSPS) is 27.3. The molecule has 2 aliphatic rings. The van der Waals surface area contributed by atoms with Gasteiger partial charge < -0.3 is 4.74 Å². The summed E-state index contributed by atoms with van der Waals surface area (Å²) in [5, 5.41) is 0.0748. The van der Waals surface area contributed by atoms with Crippen molar-refractivity contribution in [3.05, 3.63) is 29.8 Å². The molecule has 0 amide bonds. The molecule has 2 saturated heterocycles. The second-order valence-electron chi connectivity index (χ2n) is 5.03. The maximum atomic E-state index is 13.8. The molecule has 0 saturated carbocycles. The Morgan fingerprint density at radius 3 is 2.90 bits per heavy atom. The SMILES string of the molecule is O=S(=O)(c1ccc(F)cc1F)N1CCSC2COCCC21. The molecule has 0 spiro atoms. The van der Waals surface area contributed by atoms with Gasteiger partial charge in [0.2, 0.25) is 10.0 Å². The molecule has 21 heavy (non-hydrogen) atoms. The molecule has 0 aliphatic carbocycles. The summed E-state index contributed by atoms with van der Waals surface area (Å²) in [6.07, 6.45) is 0.597. The van der Waals surface area contributed by atoms with E-state index in [-0.39, 0.29) is 11.3 Å². The zero-order valence-electron chi connectivity index (χ0n) is 11.2. The summed E-state index contributed by atoms with van der Waals surface area (Å²) in [6.45, 7) is 1.35. The Balaban J connectivity index is 1.96. The van der Waals surface area contributed by atoms with Crippen molar-refractivity contribution in [2.24, 2.45) is 0 Å². The predicted octanol–water partition coefficient (Wildman–Crippen LogP) is 1.86. The van der Waals surface area contributed by atoms with Gasteiger partial charge in [-0.3, -0.25) is 0 Å². The maximum Gasteiger partial charge on any atom is 0.246 e. The van der Waals surface area contributed by atoms with Gasteiger partial charge in [0.05, 0.1) is 6.61 Å². The Hall–Kier alpha value is -0.700. The Morgan fingerprint density at radius 2 is 2.14 bits per heavy atom. The summed E-state index contributed by atoms with van der Waals surface area (Å²) in [4.78, 5) is -0.457. The van der Waals surface area contributed by atoms with Gasteiger partial charge in [-0.2, -0.15) is 16.1 Å². The van der Waals surface area contributed by atoms with E-state index in [9.17, 15) is 17.2 Å². The summed E-state index contributed by atoms with van der Waals surface area (Å²) >= 11 is 1.68. The number of hydrogen-bond acceptors (Lipinski definition) is 4. The van der Waals surface area contributed by atoms with Crippen LogP contribution in [-0.2, 0) is 14.8 Å². The molecule has 1 aromatic rings. The predicted molar refractivity (Wildman–Crippen MR) is 75.7 cm³/mol. The Bertz CT molecular complexity index is 636. The molecule has 2 unspecified atom stereocenters. The average Bonchev–Trinajstić information content (AvgIpc) is 2.46. The average molecular weight is 335 g/mol. The minimum absolute atomic E-state index is 0.0748. The van der Waals surface area contributed by atoms with Gasteiger partial charge in [0.1, 0.15) is 16.5 Å². The van der Waals surface area contributed by atoms with E-state index in [0.717, 1.165) is 12.1 Å². The zero-order valence-corrected chi connectivity index (χ0v) is 12.8. The number of rotatable bonds is 2. The first-order valence-corrected chi connectivity index (χ1v) is 9.15. The highest BCUT2D eigenvalue weighted by molar-refractivity contribution is 8.00. The number of fused-ring (bicyclic) bond motifs is 1. The van der Waals surface area contributed by atoms with Crippen LogP contribution < -0.4 is 0 Å². The summed E-state index contributed by atoms with van der Waals surface area (Å²) in [5.74, 6) is -1.19. The molecule has 0 radical (unpaired) electrons. The van der Waals surface area contributed by atoms with E-state index in [2.05, 4.69) is 0 Å². The minimum atomic E-state index is -3.96. The van der Waals surface area contributed by atoms with E-state index in [4.69, 9.17) is 4.74 Å². The van der Waals surface area contributed by atoms with Gasteiger partial charge in [-0.05, 0) is 18.6 Å². The van der Waals surface area contributed by atoms with Crippen molar-refractivity contribution in [2.45, 2.75) is 22.6 Å². The lowest BCUT2D eigenvalue weighted by molar-refractivity contribution is 0.0625. The van der Waals surface area contributed by atoms with E-state index in [1.54, 1.807) is 11.8 Å². The summed E-state index contributed by atoms with van der Waals surface area (Å²) in [5.41, 5.74) is 0. The maximum absolute atomic E-state index is 13.8. The third-order valence-corrected chi connectivity index (χ3v) is 7.02. The number of benzene rings is 1. The lowest BCUT2D eigenvalue weighted by Crippen LogP contribution is -2.54. The molecule has 3 rings (SSSR count). The fourth-order valence-corrected chi connectivity index (χ4v) is 5.99. The standard InChI is InChI=1S/C13H15F2NO3S2/c14-9-1-2-13(10(15)7-9)21(17,18)16-4-6-20-12-8-19-5-3-11(12)16/h1-2,7,11-12H,3-6,8H2. The molecule has 0 aromatic heterocycles. The van der Waals surface area contributed by atoms with E-state index >= 15 is 0 Å².